The minimum Gasteiger partial charge on any atom is -0.315 e. The van der Waals surface area contributed by atoms with Crippen LogP contribution < -0.4 is 4.90 Å². The molecule has 0 atom stereocenters. The van der Waals surface area contributed by atoms with E-state index in [0.29, 0.717) is 12.0 Å². The van der Waals surface area contributed by atoms with Crippen molar-refractivity contribution in [3.63, 3.8) is 0 Å². The maximum absolute atomic E-state index is 11.8. The van der Waals surface area contributed by atoms with Gasteiger partial charge < -0.3 is 4.90 Å². The van der Waals surface area contributed by atoms with Gasteiger partial charge in [0.25, 0.3) is 0 Å². The molecule has 2 aromatic rings. The van der Waals surface area contributed by atoms with Crippen molar-refractivity contribution < 1.29 is 13.2 Å². The number of benzene rings is 1. The zero-order valence-electron chi connectivity index (χ0n) is 13.8. The largest absolute Gasteiger partial charge is 0.315 e. The first-order valence-electron chi connectivity index (χ1n) is 7.94. The summed E-state index contributed by atoms with van der Waals surface area (Å²) in [4.78, 5) is 17.7. The van der Waals surface area contributed by atoms with Gasteiger partial charge in [-0.25, -0.2) is 8.42 Å². The van der Waals surface area contributed by atoms with E-state index < -0.39 is 9.84 Å². The fraction of sp³-hybridized carbons (Fsp3) is 0.333. The summed E-state index contributed by atoms with van der Waals surface area (Å²) < 4.78 is 23.6. The summed E-state index contributed by atoms with van der Waals surface area (Å²) in [7, 11) is -1.29. The number of amides is 1. The number of carbonyl (C=O) groups excluding carboxylic acids is 1. The molecule has 126 valence electrons. The van der Waals surface area contributed by atoms with Crippen molar-refractivity contribution in [3.05, 3.63) is 47.8 Å². The summed E-state index contributed by atoms with van der Waals surface area (Å²) in [5, 5.41) is 0. The standard InChI is InChI=1S/C18H20N2O3S/c1-3-24(22,23)12-13-8-16(11-19-10-13)14-4-6-17-15(9-14)5-7-18(21)20(17)2/h4,6,8-11H,3,5,7,12H2,1-2H3. The molecule has 0 spiro atoms. The Morgan fingerprint density at radius 1 is 1.12 bits per heavy atom. The van der Waals surface area contributed by atoms with E-state index in [9.17, 15) is 13.2 Å². The Morgan fingerprint density at radius 2 is 1.92 bits per heavy atom. The molecular formula is C18H20N2O3S. The van der Waals surface area contributed by atoms with Crippen LogP contribution in [0.5, 0.6) is 0 Å². The number of rotatable bonds is 4. The third-order valence-electron chi connectivity index (χ3n) is 4.38. The lowest BCUT2D eigenvalue weighted by atomic mass is 9.96. The summed E-state index contributed by atoms with van der Waals surface area (Å²) in [5.74, 6) is 0.256. The second kappa shape index (κ2) is 6.36. The molecule has 0 aliphatic carbocycles. The van der Waals surface area contributed by atoms with Crippen LogP contribution >= 0.6 is 0 Å². The molecule has 0 bridgehead atoms. The van der Waals surface area contributed by atoms with Crippen LogP contribution in [0.1, 0.15) is 24.5 Å². The number of hydrogen-bond acceptors (Lipinski definition) is 4. The highest BCUT2D eigenvalue weighted by Gasteiger charge is 2.21. The van der Waals surface area contributed by atoms with Crippen LogP contribution in [-0.4, -0.2) is 32.1 Å². The van der Waals surface area contributed by atoms with Crippen molar-refractivity contribution in [1.82, 2.24) is 4.98 Å². The SMILES string of the molecule is CCS(=O)(=O)Cc1cncc(-c2ccc3c(c2)CCC(=O)N3C)c1. The molecule has 3 rings (SSSR count). The highest BCUT2D eigenvalue weighted by molar-refractivity contribution is 7.90. The van der Waals surface area contributed by atoms with Crippen molar-refractivity contribution in [2.45, 2.75) is 25.5 Å². The number of pyridine rings is 1. The Hall–Kier alpha value is -2.21. The molecule has 2 heterocycles. The van der Waals surface area contributed by atoms with Crippen molar-refractivity contribution in [3.8, 4) is 11.1 Å². The average molecular weight is 344 g/mol. The summed E-state index contributed by atoms with van der Waals surface area (Å²) in [6, 6.07) is 7.83. The van der Waals surface area contributed by atoms with Gasteiger partial charge in [0.15, 0.2) is 9.84 Å². The zero-order chi connectivity index (χ0) is 17.3. The molecule has 1 aliphatic rings. The maximum Gasteiger partial charge on any atom is 0.227 e. The predicted molar refractivity (Wildman–Crippen MR) is 94.6 cm³/mol. The minimum atomic E-state index is -3.08. The number of anilines is 1. The van der Waals surface area contributed by atoms with E-state index in [0.717, 1.165) is 28.8 Å². The van der Waals surface area contributed by atoms with Gasteiger partial charge in [0.2, 0.25) is 5.91 Å². The van der Waals surface area contributed by atoms with E-state index in [2.05, 4.69) is 11.1 Å². The Balaban J connectivity index is 1.94. The maximum atomic E-state index is 11.8. The van der Waals surface area contributed by atoms with E-state index >= 15 is 0 Å². The summed E-state index contributed by atoms with van der Waals surface area (Å²) >= 11 is 0. The molecule has 5 nitrogen and oxygen atoms in total. The first-order valence-corrected chi connectivity index (χ1v) is 9.76. The van der Waals surface area contributed by atoms with Gasteiger partial charge in [-0.1, -0.05) is 13.0 Å². The zero-order valence-corrected chi connectivity index (χ0v) is 14.6. The number of sulfone groups is 1. The van der Waals surface area contributed by atoms with Gasteiger partial charge in [0.05, 0.1) is 5.75 Å². The van der Waals surface area contributed by atoms with Gasteiger partial charge in [0, 0.05) is 42.9 Å². The van der Waals surface area contributed by atoms with Crippen LogP contribution in [-0.2, 0) is 26.8 Å². The summed E-state index contributed by atoms with van der Waals surface area (Å²) in [5.41, 5.74) is 4.63. The van der Waals surface area contributed by atoms with Crippen LogP contribution in [0.25, 0.3) is 11.1 Å². The molecule has 1 amide bonds. The second-order valence-electron chi connectivity index (χ2n) is 6.05. The molecule has 1 aromatic carbocycles. The molecule has 0 radical (unpaired) electrons. The number of carbonyl (C=O) groups is 1. The first kappa shape index (κ1) is 16.6. The van der Waals surface area contributed by atoms with Crippen LogP contribution in [0.4, 0.5) is 5.69 Å². The Labute approximate surface area is 142 Å². The summed E-state index contributed by atoms with van der Waals surface area (Å²) in [6.45, 7) is 1.65. The van der Waals surface area contributed by atoms with Crippen molar-refractivity contribution in [1.29, 1.82) is 0 Å². The smallest absolute Gasteiger partial charge is 0.227 e. The van der Waals surface area contributed by atoms with Crippen LogP contribution in [0, 0.1) is 0 Å². The Morgan fingerprint density at radius 3 is 2.67 bits per heavy atom. The van der Waals surface area contributed by atoms with Crippen molar-refractivity contribution in [2.75, 3.05) is 17.7 Å². The van der Waals surface area contributed by atoms with E-state index in [1.54, 1.807) is 31.3 Å². The molecule has 1 aromatic heterocycles. The van der Waals surface area contributed by atoms with Gasteiger partial charge in [-0.3, -0.25) is 9.78 Å². The van der Waals surface area contributed by atoms with Gasteiger partial charge in [0.1, 0.15) is 0 Å². The van der Waals surface area contributed by atoms with Gasteiger partial charge in [-0.2, -0.15) is 0 Å². The minimum absolute atomic E-state index is 0.00647. The Kier molecular flexibility index (Phi) is 4.41. The molecular weight excluding hydrogens is 324 g/mol. The molecule has 0 N–H and O–H groups in total. The van der Waals surface area contributed by atoms with Gasteiger partial charge in [-0.15, -0.1) is 0 Å². The number of aromatic nitrogens is 1. The lowest BCUT2D eigenvalue weighted by molar-refractivity contribution is -0.118. The molecule has 6 heteroatoms. The van der Waals surface area contributed by atoms with E-state index in [4.69, 9.17) is 0 Å². The van der Waals surface area contributed by atoms with Gasteiger partial charge in [-0.05, 0) is 41.3 Å². The molecule has 0 saturated carbocycles. The lowest BCUT2D eigenvalue weighted by Gasteiger charge is -2.26. The second-order valence-corrected chi connectivity index (χ2v) is 8.41. The summed E-state index contributed by atoms with van der Waals surface area (Å²) in [6.07, 6.45) is 4.58. The van der Waals surface area contributed by atoms with E-state index in [-0.39, 0.29) is 17.4 Å². The van der Waals surface area contributed by atoms with E-state index in [1.807, 2.05) is 18.2 Å². The number of nitrogens with zero attached hydrogens (tertiary/aromatic N) is 2. The normalized spacial score (nSPS) is 14.6. The number of hydrogen-bond donors (Lipinski definition) is 0. The average Bonchev–Trinajstić information content (AvgIpc) is 2.58. The highest BCUT2D eigenvalue weighted by Crippen LogP contribution is 2.31. The molecule has 24 heavy (non-hydrogen) atoms. The molecule has 1 aliphatic heterocycles. The first-order chi connectivity index (χ1) is 11.4. The predicted octanol–water partition coefficient (Wildman–Crippen LogP) is 2.59. The number of aryl methyl sites for hydroxylation is 1. The topological polar surface area (TPSA) is 67.3 Å². The molecule has 0 saturated heterocycles. The van der Waals surface area contributed by atoms with Crippen molar-refractivity contribution >= 4 is 21.4 Å². The van der Waals surface area contributed by atoms with Gasteiger partial charge >= 0.3 is 0 Å². The van der Waals surface area contributed by atoms with Crippen LogP contribution in [0.2, 0.25) is 0 Å². The highest BCUT2D eigenvalue weighted by atomic mass is 32.2. The van der Waals surface area contributed by atoms with Crippen LogP contribution in [0.3, 0.4) is 0 Å². The molecule has 0 unspecified atom stereocenters. The van der Waals surface area contributed by atoms with Crippen molar-refractivity contribution in [2.24, 2.45) is 0 Å². The third kappa shape index (κ3) is 3.33. The number of fused-ring (bicyclic) bond motifs is 1. The fourth-order valence-corrected chi connectivity index (χ4v) is 3.79. The molecule has 0 fully saturated rings. The Bertz CT molecular complexity index is 891. The quantitative estimate of drug-likeness (QED) is 0.855. The third-order valence-corrected chi connectivity index (χ3v) is 6.03. The fourth-order valence-electron chi connectivity index (χ4n) is 2.92. The lowest BCUT2D eigenvalue weighted by Crippen LogP contribution is -2.30. The van der Waals surface area contributed by atoms with E-state index in [1.165, 1.54) is 0 Å². The van der Waals surface area contributed by atoms with Crippen LogP contribution in [0.15, 0.2) is 36.7 Å². The monoisotopic (exact) mass is 344 g/mol.